The SMILES string of the molecule is CC(N)c1ncn(Cc2cc(C(N)=O)ccc2F)n1. The van der Waals surface area contributed by atoms with Crippen molar-refractivity contribution in [3.05, 3.63) is 47.3 Å². The Morgan fingerprint density at radius 3 is 2.84 bits per heavy atom. The molecule has 2 aromatic rings. The predicted octanol–water partition coefficient (Wildman–Crippen LogP) is 0.584. The highest BCUT2D eigenvalue weighted by atomic mass is 19.1. The molecule has 100 valence electrons. The fourth-order valence-corrected chi connectivity index (χ4v) is 1.62. The molecular weight excluding hydrogens is 249 g/mol. The summed E-state index contributed by atoms with van der Waals surface area (Å²) in [7, 11) is 0. The first-order chi connectivity index (χ1) is 8.97. The second-order valence-corrected chi connectivity index (χ2v) is 4.26. The number of hydrogen-bond acceptors (Lipinski definition) is 4. The van der Waals surface area contributed by atoms with E-state index in [2.05, 4.69) is 10.1 Å². The average molecular weight is 263 g/mol. The number of halogens is 1. The Hall–Kier alpha value is -2.28. The lowest BCUT2D eigenvalue weighted by molar-refractivity contribution is 0.1000. The molecule has 0 bridgehead atoms. The highest BCUT2D eigenvalue weighted by Crippen LogP contribution is 2.12. The Balaban J connectivity index is 2.26. The third-order valence-electron chi connectivity index (χ3n) is 2.62. The van der Waals surface area contributed by atoms with Gasteiger partial charge in [-0.1, -0.05) is 0 Å². The minimum absolute atomic E-state index is 0.159. The Morgan fingerprint density at radius 2 is 2.26 bits per heavy atom. The molecule has 0 aliphatic heterocycles. The molecule has 2 rings (SSSR count). The molecule has 19 heavy (non-hydrogen) atoms. The summed E-state index contributed by atoms with van der Waals surface area (Å²) in [6, 6.07) is 3.67. The molecule has 1 aromatic heterocycles. The zero-order chi connectivity index (χ0) is 14.0. The van der Waals surface area contributed by atoms with Gasteiger partial charge >= 0.3 is 0 Å². The van der Waals surface area contributed by atoms with Crippen LogP contribution in [0.4, 0.5) is 4.39 Å². The van der Waals surface area contributed by atoms with E-state index < -0.39 is 11.7 Å². The number of carbonyl (C=O) groups is 1. The molecule has 0 aliphatic carbocycles. The summed E-state index contributed by atoms with van der Waals surface area (Å²) in [6.45, 7) is 1.92. The van der Waals surface area contributed by atoms with Gasteiger partial charge in [0.15, 0.2) is 5.82 Å². The largest absolute Gasteiger partial charge is 0.366 e. The van der Waals surface area contributed by atoms with Gasteiger partial charge in [0.2, 0.25) is 5.91 Å². The number of hydrogen-bond donors (Lipinski definition) is 2. The van der Waals surface area contributed by atoms with Gasteiger partial charge in [-0.15, -0.1) is 0 Å². The molecule has 1 amide bonds. The van der Waals surface area contributed by atoms with Crippen molar-refractivity contribution in [3.8, 4) is 0 Å². The Kier molecular flexibility index (Phi) is 3.57. The highest BCUT2D eigenvalue weighted by molar-refractivity contribution is 5.92. The van der Waals surface area contributed by atoms with Crippen LogP contribution in [0.2, 0.25) is 0 Å². The van der Waals surface area contributed by atoms with Gasteiger partial charge in [-0.05, 0) is 25.1 Å². The van der Waals surface area contributed by atoms with Crippen LogP contribution in [0.3, 0.4) is 0 Å². The molecule has 1 aromatic carbocycles. The van der Waals surface area contributed by atoms with Crippen molar-refractivity contribution in [1.82, 2.24) is 14.8 Å². The molecule has 0 saturated carbocycles. The zero-order valence-electron chi connectivity index (χ0n) is 10.4. The van der Waals surface area contributed by atoms with E-state index >= 15 is 0 Å². The first kappa shape index (κ1) is 13.2. The van der Waals surface area contributed by atoms with Crippen molar-refractivity contribution in [2.24, 2.45) is 11.5 Å². The van der Waals surface area contributed by atoms with E-state index in [0.717, 1.165) is 0 Å². The Bertz CT molecular complexity index is 608. The van der Waals surface area contributed by atoms with E-state index in [1.165, 1.54) is 29.2 Å². The van der Waals surface area contributed by atoms with Crippen molar-refractivity contribution in [1.29, 1.82) is 0 Å². The molecule has 0 radical (unpaired) electrons. The number of nitrogens with two attached hydrogens (primary N) is 2. The van der Waals surface area contributed by atoms with Gasteiger partial charge in [0.1, 0.15) is 12.1 Å². The third-order valence-corrected chi connectivity index (χ3v) is 2.62. The number of primary amides is 1. The van der Waals surface area contributed by atoms with Crippen LogP contribution in [0.1, 0.15) is 34.7 Å². The second kappa shape index (κ2) is 5.15. The highest BCUT2D eigenvalue weighted by Gasteiger charge is 2.10. The summed E-state index contributed by atoms with van der Waals surface area (Å²) in [5.41, 5.74) is 11.4. The number of rotatable bonds is 4. The maximum absolute atomic E-state index is 13.6. The quantitative estimate of drug-likeness (QED) is 0.842. The molecule has 0 spiro atoms. The standard InChI is InChI=1S/C12H14FN5O/c1-7(14)12-16-6-18(17-12)5-9-4-8(11(15)19)2-3-10(9)13/h2-4,6-7H,5,14H2,1H3,(H2,15,19). The van der Waals surface area contributed by atoms with Crippen molar-refractivity contribution >= 4 is 5.91 Å². The third kappa shape index (κ3) is 2.94. The number of amides is 1. The fraction of sp³-hybridized carbons (Fsp3) is 0.250. The lowest BCUT2D eigenvalue weighted by Gasteiger charge is -2.05. The number of nitrogens with zero attached hydrogens (tertiary/aromatic N) is 3. The van der Waals surface area contributed by atoms with Gasteiger partial charge in [0.05, 0.1) is 12.6 Å². The Morgan fingerprint density at radius 1 is 1.53 bits per heavy atom. The lowest BCUT2D eigenvalue weighted by Crippen LogP contribution is -2.13. The molecule has 4 N–H and O–H groups in total. The number of benzene rings is 1. The lowest BCUT2D eigenvalue weighted by atomic mass is 10.1. The van der Waals surface area contributed by atoms with Crippen LogP contribution in [-0.2, 0) is 6.54 Å². The molecule has 6 nitrogen and oxygen atoms in total. The fourth-order valence-electron chi connectivity index (χ4n) is 1.62. The van der Waals surface area contributed by atoms with Crippen LogP contribution < -0.4 is 11.5 Å². The molecule has 0 saturated heterocycles. The van der Waals surface area contributed by atoms with Crippen molar-refractivity contribution in [2.45, 2.75) is 19.5 Å². The summed E-state index contributed by atoms with van der Waals surface area (Å²) in [4.78, 5) is 15.1. The summed E-state index contributed by atoms with van der Waals surface area (Å²) < 4.78 is 15.1. The van der Waals surface area contributed by atoms with Crippen LogP contribution in [0.5, 0.6) is 0 Å². The van der Waals surface area contributed by atoms with Gasteiger partial charge in [0.25, 0.3) is 0 Å². The molecule has 1 atom stereocenters. The van der Waals surface area contributed by atoms with Crippen molar-refractivity contribution in [2.75, 3.05) is 0 Å². The topological polar surface area (TPSA) is 99.8 Å². The van der Waals surface area contributed by atoms with Gasteiger partial charge in [0, 0.05) is 11.1 Å². The summed E-state index contributed by atoms with van der Waals surface area (Å²) >= 11 is 0. The van der Waals surface area contributed by atoms with Gasteiger partial charge in [-0.2, -0.15) is 5.10 Å². The molecular formula is C12H14FN5O. The van der Waals surface area contributed by atoms with E-state index in [1.54, 1.807) is 6.92 Å². The first-order valence-electron chi connectivity index (χ1n) is 5.70. The second-order valence-electron chi connectivity index (χ2n) is 4.26. The number of carbonyl (C=O) groups excluding carboxylic acids is 1. The summed E-state index contributed by atoms with van der Waals surface area (Å²) in [6.07, 6.45) is 1.47. The van der Waals surface area contributed by atoms with E-state index in [1.807, 2.05) is 0 Å². The molecule has 0 aliphatic rings. The molecule has 7 heteroatoms. The van der Waals surface area contributed by atoms with Crippen molar-refractivity contribution < 1.29 is 9.18 Å². The van der Waals surface area contributed by atoms with E-state index in [9.17, 15) is 9.18 Å². The van der Waals surface area contributed by atoms with Crippen LogP contribution in [-0.4, -0.2) is 20.7 Å². The minimum Gasteiger partial charge on any atom is -0.366 e. The summed E-state index contributed by atoms with van der Waals surface area (Å²) in [5.74, 6) is -0.551. The predicted molar refractivity (Wildman–Crippen MR) is 66.6 cm³/mol. The first-order valence-corrected chi connectivity index (χ1v) is 5.70. The van der Waals surface area contributed by atoms with Crippen LogP contribution in [0.15, 0.2) is 24.5 Å². The van der Waals surface area contributed by atoms with E-state index in [0.29, 0.717) is 11.4 Å². The van der Waals surface area contributed by atoms with Gasteiger partial charge in [-0.3, -0.25) is 4.79 Å². The van der Waals surface area contributed by atoms with E-state index in [-0.39, 0.29) is 18.2 Å². The van der Waals surface area contributed by atoms with E-state index in [4.69, 9.17) is 11.5 Å². The molecule has 0 fully saturated rings. The van der Waals surface area contributed by atoms with Crippen LogP contribution >= 0.6 is 0 Å². The van der Waals surface area contributed by atoms with Gasteiger partial charge < -0.3 is 11.5 Å². The average Bonchev–Trinajstić information content (AvgIpc) is 2.80. The normalized spacial score (nSPS) is 12.4. The maximum atomic E-state index is 13.6. The summed E-state index contributed by atoms with van der Waals surface area (Å²) in [5, 5.41) is 4.12. The molecule has 1 heterocycles. The van der Waals surface area contributed by atoms with Crippen LogP contribution in [0.25, 0.3) is 0 Å². The minimum atomic E-state index is -0.601. The smallest absolute Gasteiger partial charge is 0.248 e. The monoisotopic (exact) mass is 263 g/mol. The Labute approximate surface area is 109 Å². The maximum Gasteiger partial charge on any atom is 0.248 e. The van der Waals surface area contributed by atoms with Crippen molar-refractivity contribution in [3.63, 3.8) is 0 Å². The zero-order valence-corrected chi connectivity index (χ0v) is 10.4. The number of aromatic nitrogens is 3. The van der Waals surface area contributed by atoms with Crippen LogP contribution in [0, 0.1) is 5.82 Å². The molecule has 1 unspecified atom stereocenters. The van der Waals surface area contributed by atoms with Gasteiger partial charge in [-0.25, -0.2) is 14.1 Å².